The lowest BCUT2D eigenvalue weighted by molar-refractivity contribution is -0.131. The number of carboxylic acids is 1. The molecule has 1 atom stereocenters. The Labute approximate surface area is 126 Å². The molecule has 2 heteroatoms. The summed E-state index contributed by atoms with van der Waals surface area (Å²) in [5.74, 6) is -0.713. The molecule has 0 aromatic heterocycles. The van der Waals surface area contributed by atoms with Crippen molar-refractivity contribution in [3.63, 3.8) is 0 Å². The molecule has 0 radical (unpaired) electrons. The molecule has 0 saturated carbocycles. The molecule has 0 saturated heterocycles. The number of carbonyl (C=O) groups is 1. The van der Waals surface area contributed by atoms with Crippen molar-refractivity contribution >= 4 is 16.7 Å². The molecule has 0 spiro atoms. The van der Waals surface area contributed by atoms with Crippen LogP contribution in [0.4, 0.5) is 0 Å². The van der Waals surface area contributed by atoms with Gasteiger partial charge in [0.2, 0.25) is 0 Å². The third-order valence-corrected chi connectivity index (χ3v) is 3.81. The Morgan fingerprint density at radius 2 is 1.90 bits per heavy atom. The van der Waals surface area contributed by atoms with Crippen molar-refractivity contribution in [2.24, 2.45) is 0 Å². The Kier molecular flexibility index (Phi) is 5.56. The van der Waals surface area contributed by atoms with Crippen molar-refractivity contribution in [3.05, 3.63) is 60.2 Å². The first kappa shape index (κ1) is 15.3. The van der Waals surface area contributed by atoms with Crippen molar-refractivity contribution < 1.29 is 9.90 Å². The Hall–Kier alpha value is -2.09. The summed E-state index contributed by atoms with van der Waals surface area (Å²) in [6.07, 6.45) is 7.57. The fourth-order valence-electron chi connectivity index (χ4n) is 2.74. The van der Waals surface area contributed by atoms with E-state index in [4.69, 9.17) is 5.11 Å². The molecular weight excluding hydrogens is 260 g/mol. The smallest absolute Gasteiger partial charge is 0.327 e. The highest BCUT2D eigenvalue weighted by atomic mass is 16.4. The summed E-state index contributed by atoms with van der Waals surface area (Å²) >= 11 is 0. The standard InChI is InChI=1S/C19H22O2/c1-2-3-4-8-16(13-14-19(20)21)18-12-7-10-15-9-5-6-11-17(15)18/h5-7,9-14,16H,2-4,8H2,1H3,(H,20,21)/b14-13+. The number of allylic oxidation sites excluding steroid dienone is 1. The van der Waals surface area contributed by atoms with Crippen molar-refractivity contribution in [2.75, 3.05) is 0 Å². The van der Waals surface area contributed by atoms with Crippen LogP contribution in [0.1, 0.15) is 44.1 Å². The van der Waals surface area contributed by atoms with Crippen molar-refractivity contribution in [3.8, 4) is 0 Å². The highest BCUT2D eigenvalue weighted by Crippen LogP contribution is 2.30. The van der Waals surface area contributed by atoms with Gasteiger partial charge in [-0.3, -0.25) is 0 Å². The minimum absolute atomic E-state index is 0.166. The first-order valence-corrected chi connectivity index (χ1v) is 7.61. The van der Waals surface area contributed by atoms with Gasteiger partial charge in [-0.25, -0.2) is 4.79 Å². The third kappa shape index (κ3) is 4.19. The molecule has 0 fully saturated rings. The van der Waals surface area contributed by atoms with E-state index in [0.29, 0.717) is 0 Å². The number of unbranched alkanes of at least 4 members (excludes halogenated alkanes) is 2. The Bertz CT molecular complexity index is 623. The summed E-state index contributed by atoms with van der Waals surface area (Å²) in [4.78, 5) is 10.8. The maximum atomic E-state index is 10.8. The largest absolute Gasteiger partial charge is 0.478 e. The fourth-order valence-corrected chi connectivity index (χ4v) is 2.74. The van der Waals surface area contributed by atoms with Gasteiger partial charge in [0, 0.05) is 12.0 Å². The van der Waals surface area contributed by atoms with Crippen LogP contribution in [0.2, 0.25) is 0 Å². The Morgan fingerprint density at radius 1 is 1.14 bits per heavy atom. The van der Waals surface area contributed by atoms with Gasteiger partial charge in [-0.2, -0.15) is 0 Å². The van der Waals surface area contributed by atoms with Gasteiger partial charge in [-0.05, 0) is 22.8 Å². The summed E-state index contributed by atoms with van der Waals surface area (Å²) in [5.41, 5.74) is 1.22. The van der Waals surface area contributed by atoms with Crippen LogP contribution in [0.5, 0.6) is 0 Å². The second kappa shape index (κ2) is 7.63. The normalized spacial score (nSPS) is 12.8. The van der Waals surface area contributed by atoms with E-state index < -0.39 is 5.97 Å². The van der Waals surface area contributed by atoms with Crippen LogP contribution in [0.25, 0.3) is 10.8 Å². The number of hydrogen-bond acceptors (Lipinski definition) is 1. The van der Waals surface area contributed by atoms with Crippen molar-refractivity contribution in [1.82, 2.24) is 0 Å². The summed E-state index contributed by atoms with van der Waals surface area (Å²) in [6.45, 7) is 2.18. The second-order valence-electron chi connectivity index (χ2n) is 5.37. The van der Waals surface area contributed by atoms with Gasteiger partial charge in [0.25, 0.3) is 0 Å². The predicted molar refractivity (Wildman–Crippen MR) is 87.6 cm³/mol. The van der Waals surface area contributed by atoms with Crippen LogP contribution >= 0.6 is 0 Å². The van der Waals surface area contributed by atoms with Crippen LogP contribution in [-0.4, -0.2) is 11.1 Å². The average molecular weight is 282 g/mol. The molecule has 1 unspecified atom stereocenters. The van der Waals surface area contributed by atoms with Gasteiger partial charge in [0.15, 0.2) is 0 Å². The van der Waals surface area contributed by atoms with Crippen LogP contribution in [0.15, 0.2) is 54.6 Å². The molecule has 0 amide bonds. The van der Waals surface area contributed by atoms with Gasteiger partial charge in [-0.1, -0.05) is 74.7 Å². The van der Waals surface area contributed by atoms with Crippen LogP contribution in [0.3, 0.4) is 0 Å². The summed E-state index contributed by atoms with van der Waals surface area (Å²) < 4.78 is 0. The fraction of sp³-hybridized carbons (Fsp3) is 0.316. The predicted octanol–water partition coefficient (Wildman–Crippen LogP) is 5.14. The molecule has 0 aliphatic carbocycles. The summed E-state index contributed by atoms with van der Waals surface area (Å²) in [7, 11) is 0. The van der Waals surface area contributed by atoms with Gasteiger partial charge >= 0.3 is 5.97 Å². The number of carboxylic acid groups (broad SMARTS) is 1. The van der Waals surface area contributed by atoms with E-state index in [1.165, 1.54) is 35.3 Å². The quantitative estimate of drug-likeness (QED) is 0.563. The number of hydrogen-bond donors (Lipinski definition) is 1. The van der Waals surface area contributed by atoms with E-state index in [9.17, 15) is 4.79 Å². The highest BCUT2D eigenvalue weighted by Gasteiger charge is 2.11. The maximum Gasteiger partial charge on any atom is 0.327 e. The lowest BCUT2D eigenvalue weighted by Crippen LogP contribution is -1.99. The van der Waals surface area contributed by atoms with E-state index >= 15 is 0 Å². The SMILES string of the molecule is CCCCCC(/C=C/C(=O)O)c1cccc2ccccc12. The van der Waals surface area contributed by atoms with Gasteiger partial charge in [0.05, 0.1) is 0 Å². The zero-order valence-corrected chi connectivity index (χ0v) is 12.5. The summed E-state index contributed by atoms with van der Waals surface area (Å²) in [6, 6.07) is 14.6. The Balaban J connectivity index is 2.35. The number of benzene rings is 2. The second-order valence-corrected chi connectivity index (χ2v) is 5.37. The molecule has 2 aromatic carbocycles. The van der Waals surface area contributed by atoms with E-state index in [2.05, 4.69) is 37.3 Å². The highest BCUT2D eigenvalue weighted by molar-refractivity contribution is 5.86. The Morgan fingerprint density at radius 3 is 2.67 bits per heavy atom. The molecule has 0 aliphatic rings. The van der Waals surface area contributed by atoms with E-state index in [-0.39, 0.29) is 5.92 Å². The van der Waals surface area contributed by atoms with Crippen LogP contribution in [-0.2, 0) is 4.79 Å². The molecular formula is C19H22O2. The monoisotopic (exact) mass is 282 g/mol. The molecule has 0 heterocycles. The van der Waals surface area contributed by atoms with Crippen LogP contribution < -0.4 is 0 Å². The van der Waals surface area contributed by atoms with Crippen LogP contribution in [0, 0.1) is 0 Å². The van der Waals surface area contributed by atoms with Crippen molar-refractivity contribution in [2.45, 2.75) is 38.5 Å². The molecule has 0 bridgehead atoms. The van der Waals surface area contributed by atoms with Gasteiger partial charge < -0.3 is 5.11 Å². The third-order valence-electron chi connectivity index (χ3n) is 3.81. The minimum Gasteiger partial charge on any atom is -0.478 e. The van der Waals surface area contributed by atoms with E-state index in [0.717, 1.165) is 12.8 Å². The lowest BCUT2D eigenvalue weighted by atomic mass is 9.89. The zero-order chi connectivity index (χ0) is 15.1. The molecule has 110 valence electrons. The molecule has 2 aromatic rings. The van der Waals surface area contributed by atoms with Gasteiger partial charge in [0.1, 0.15) is 0 Å². The molecule has 2 nitrogen and oxygen atoms in total. The summed E-state index contributed by atoms with van der Waals surface area (Å²) in [5, 5.41) is 11.3. The van der Waals surface area contributed by atoms with Gasteiger partial charge in [-0.15, -0.1) is 0 Å². The first-order valence-electron chi connectivity index (χ1n) is 7.61. The number of fused-ring (bicyclic) bond motifs is 1. The van der Waals surface area contributed by atoms with E-state index in [1.54, 1.807) is 0 Å². The number of aliphatic carboxylic acids is 1. The van der Waals surface area contributed by atoms with Crippen molar-refractivity contribution in [1.29, 1.82) is 0 Å². The zero-order valence-electron chi connectivity index (χ0n) is 12.5. The molecule has 2 rings (SSSR count). The first-order chi connectivity index (χ1) is 10.2. The average Bonchev–Trinajstić information content (AvgIpc) is 2.50. The minimum atomic E-state index is -0.879. The molecule has 0 aliphatic heterocycles. The maximum absolute atomic E-state index is 10.8. The number of rotatable bonds is 7. The van der Waals surface area contributed by atoms with E-state index in [1.807, 2.05) is 18.2 Å². The molecule has 1 N–H and O–H groups in total. The lowest BCUT2D eigenvalue weighted by Gasteiger charge is -2.15. The molecule has 21 heavy (non-hydrogen) atoms. The topological polar surface area (TPSA) is 37.3 Å².